The summed E-state index contributed by atoms with van der Waals surface area (Å²) in [7, 11) is 0. The summed E-state index contributed by atoms with van der Waals surface area (Å²) in [5.41, 5.74) is 2.73. The number of aromatic nitrogens is 2. The summed E-state index contributed by atoms with van der Waals surface area (Å²) in [6.45, 7) is 5.83. The van der Waals surface area contributed by atoms with E-state index in [1.807, 2.05) is 35.8 Å². The van der Waals surface area contributed by atoms with Gasteiger partial charge in [-0.2, -0.15) is 0 Å². The molecule has 1 atom stereocenters. The molecule has 1 fully saturated rings. The van der Waals surface area contributed by atoms with Gasteiger partial charge in [0.2, 0.25) is 5.91 Å². The average molecular weight is 459 g/mol. The van der Waals surface area contributed by atoms with Crippen LogP contribution in [0.5, 0.6) is 0 Å². The molecule has 0 spiro atoms. The van der Waals surface area contributed by atoms with Crippen molar-refractivity contribution >= 4 is 40.1 Å². The normalized spacial score (nSPS) is 15.5. The molecule has 2 heterocycles. The Balaban J connectivity index is 1.64. The van der Waals surface area contributed by atoms with Crippen LogP contribution in [0.3, 0.4) is 0 Å². The zero-order valence-electron chi connectivity index (χ0n) is 17.8. The van der Waals surface area contributed by atoms with Crippen molar-refractivity contribution in [3.8, 4) is 0 Å². The third kappa shape index (κ3) is 5.05. The highest BCUT2D eigenvalue weighted by molar-refractivity contribution is 6.42. The summed E-state index contributed by atoms with van der Waals surface area (Å²) >= 11 is 12.6. The van der Waals surface area contributed by atoms with Crippen molar-refractivity contribution < 1.29 is 4.79 Å². The van der Waals surface area contributed by atoms with Crippen molar-refractivity contribution in [3.63, 3.8) is 0 Å². The van der Waals surface area contributed by atoms with Crippen LogP contribution in [-0.4, -0.2) is 46.5 Å². The molecular formula is C24H28Cl2N4O. The maximum atomic E-state index is 13.2. The number of carbonyl (C=O) groups is 1. The van der Waals surface area contributed by atoms with E-state index in [2.05, 4.69) is 22.3 Å². The number of imidazole rings is 1. The molecule has 1 saturated heterocycles. The molecule has 0 radical (unpaired) electrons. The topological polar surface area (TPSA) is 50.2 Å². The maximum absolute atomic E-state index is 13.2. The first-order chi connectivity index (χ1) is 15.1. The van der Waals surface area contributed by atoms with E-state index in [-0.39, 0.29) is 11.9 Å². The van der Waals surface area contributed by atoms with Crippen LogP contribution in [0.4, 0.5) is 0 Å². The van der Waals surface area contributed by atoms with Gasteiger partial charge >= 0.3 is 0 Å². The fourth-order valence-corrected chi connectivity index (χ4v) is 4.65. The molecule has 31 heavy (non-hydrogen) atoms. The third-order valence-corrected chi connectivity index (χ3v) is 6.66. The highest BCUT2D eigenvalue weighted by Gasteiger charge is 2.25. The van der Waals surface area contributed by atoms with Gasteiger partial charge in [-0.05, 0) is 50.0 Å². The van der Waals surface area contributed by atoms with Gasteiger partial charge in [-0.3, -0.25) is 4.79 Å². The lowest BCUT2D eigenvalue weighted by Gasteiger charge is -2.21. The fourth-order valence-electron chi connectivity index (χ4n) is 4.34. The second-order valence-corrected chi connectivity index (χ2v) is 8.89. The minimum atomic E-state index is -0.362. The molecule has 5 nitrogen and oxygen atoms in total. The molecule has 1 aliphatic heterocycles. The average Bonchev–Trinajstić information content (AvgIpc) is 3.39. The molecule has 3 aromatic rings. The van der Waals surface area contributed by atoms with Gasteiger partial charge in [0.15, 0.2) is 0 Å². The number of halogens is 2. The lowest BCUT2D eigenvalue weighted by Crippen LogP contribution is -2.38. The molecule has 0 bridgehead atoms. The molecule has 164 valence electrons. The molecule has 2 aromatic carbocycles. The van der Waals surface area contributed by atoms with Crippen molar-refractivity contribution in [2.45, 2.75) is 38.6 Å². The van der Waals surface area contributed by atoms with Gasteiger partial charge in [0.1, 0.15) is 11.9 Å². The highest BCUT2D eigenvalue weighted by Crippen LogP contribution is 2.31. The number of carbonyl (C=O) groups excluding carboxylic acids is 1. The van der Waals surface area contributed by atoms with Crippen molar-refractivity contribution in [1.29, 1.82) is 0 Å². The summed E-state index contributed by atoms with van der Waals surface area (Å²) in [6, 6.07) is 13.4. The zero-order chi connectivity index (χ0) is 21.8. The van der Waals surface area contributed by atoms with Crippen LogP contribution in [0.15, 0.2) is 42.5 Å². The van der Waals surface area contributed by atoms with E-state index in [0.29, 0.717) is 29.4 Å². The van der Waals surface area contributed by atoms with Crippen LogP contribution < -0.4 is 5.32 Å². The molecule has 1 aliphatic rings. The number of likely N-dealkylation sites (tertiary alicyclic amines) is 1. The Morgan fingerprint density at radius 1 is 1.13 bits per heavy atom. The van der Waals surface area contributed by atoms with Gasteiger partial charge in [-0.25, -0.2) is 4.98 Å². The minimum Gasteiger partial charge on any atom is -0.353 e. The molecule has 4 rings (SSSR count). The molecule has 0 saturated carbocycles. The van der Waals surface area contributed by atoms with Crippen molar-refractivity contribution in [3.05, 3.63) is 63.9 Å². The number of amides is 1. The van der Waals surface area contributed by atoms with Crippen LogP contribution in [0.1, 0.15) is 43.6 Å². The Morgan fingerprint density at radius 2 is 1.84 bits per heavy atom. The smallest absolute Gasteiger partial charge is 0.243 e. The van der Waals surface area contributed by atoms with Crippen LogP contribution in [0.25, 0.3) is 11.0 Å². The number of nitrogens with one attached hydrogen (secondary N) is 1. The van der Waals surface area contributed by atoms with Gasteiger partial charge in [0, 0.05) is 19.5 Å². The summed E-state index contributed by atoms with van der Waals surface area (Å²) in [4.78, 5) is 20.4. The second kappa shape index (κ2) is 10.0. The van der Waals surface area contributed by atoms with Crippen LogP contribution in [-0.2, 0) is 11.2 Å². The first-order valence-corrected chi connectivity index (χ1v) is 11.7. The van der Waals surface area contributed by atoms with Crippen LogP contribution >= 0.6 is 23.2 Å². The molecule has 7 heteroatoms. The lowest BCUT2D eigenvalue weighted by atomic mass is 10.1. The minimum absolute atomic E-state index is 0.0152. The van der Waals surface area contributed by atoms with Crippen molar-refractivity contribution in [1.82, 2.24) is 19.8 Å². The summed E-state index contributed by atoms with van der Waals surface area (Å²) < 4.78 is 2.04. The SMILES string of the molecule is CCC(C(=O)NCCN1CCCC1)n1c(Cc2ccccc2)nc2cc(Cl)c(Cl)cc21. The Kier molecular flexibility index (Phi) is 7.16. The van der Waals surface area contributed by atoms with Gasteiger partial charge in [0.05, 0.1) is 21.1 Å². The molecule has 1 unspecified atom stereocenters. The Hall–Kier alpha value is -2.08. The molecule has 1 N–H and O–H groups in total. The van der Waals surface area contributed by atoms with E-state index in [1.54, 1.807) is 6.07 Å². The number of nitrogens with zero attached hydrogens (tertiary/aromatic N) is 3. The van der Waals surface area contributed by atoms with Crippen molar-refractivity contribution in [2.24, 2.45) is 0 Å². The number of fused-ring (bicyclic) bond motifs is 1. The van der Waals surface area contributed by atoms with Gasteiger partial charge < -0.3 is 14.8 Å². The van der Waals surface area contributed by atoms with E-state index in [4.69, 9.17) is 28.2 Å². The monoisotopic (exact) mass is 458 g/mol. The van der Waals surface area contributed by atoms with Crippen LogP contribution in [0.2, 0.25) is 10.0 Å². The maximum Gasteiger partial charge on any atom is 0.243 e. The summed E-state index contributed by atoms with van der Waals surface area (Å²) in [6.07, 6.45) is 3.78. The lowest BCUT2D eigenvalue weighted by molar-refractivity contribution is -0.124. The Labute approximate surface area is 193 Å². The van der Waals surface area contributed by atoms with E-state index in [1.165, 1.54) is 12.8 Å². The predicted molar refractivity (Wildman–Crippen MR) is 127 cm³/mol. The van der Waals surface area contributed by atoms with E-state index in [9.17, 15) is 4.79 Å². The zero-order valence-corrected chi connectivity index (χ0v) is 19.3. The Morgan fingerprint density at radius 3 is 2.55 bits per heavy atom. The molecule has 0 aliphatic carbocycles. The second-order valence-electron chi connectivity index (χ2n) is 8.08. The number of rotatable bonds is 8. The molecular weight excluding hydrogens is 431 g/mol. The summed E-state index contributed by atoms with van der Waals surface area (Å²) in [5.74, 6) is 0.849. The number of benzene rings is 2. The summed E-state index contributed by atoms with van der Waals surface area (Å²) in [5, 5.41) is 4.07. The fraction of sp³-hybridized carbons (Fsp3) is 0.417. The van der Waals surface area contributed by atoms with E-state index < -0.39 is 0 Å². The Bertz CT molecular complexity index is 1040. The highest BCUT2D eigenvalue weighted by atomic mass is 35.5. The van der Waals surface area contributed by atoms with E-state index >= 15 is 0 Å². The molecule has 1 amide bonds. The molecule has 1 aromatic heterocycles. The third-order valence-electron chi connectivity index (χ3n) is 5.94. The largest absolute Gasteiger partial charge is 0.353 e. The number of hydrogen-bond acceptors (Lipinski definition) is 3. The van der Waals surface area contributed by atoms with E-state index in [0.717, 1.165) is 42.1 Å². The predicted octanol–water partition coefficient (Wildman–Crippen LogP) is 5.10. The van der Waals surface area contributed by atoms with Gasteiger partial charge in [-0.1, -0.05) is 60.5 Å². The number of hydrogen-bond donors (Lipinski definition) is 1. The standard InChI is InChI=1S/C24H28Cl2N4O/c1-2-21(24(31)27-10-13-29-11-6-7-12-29)30-22-16-19(26)18(25)15-20(22)28-23(30)14-17-8-4-3-5-9-17/h3-5,8-9,15-16,21H,2,6-7,10-14H2,1H3,(H,27,31). The van der Waals surface area contributed by atoms with Crippen molar-refractivity contribution in [2.75, 3.05) is 26.2 Å². The van der Waals surface area contributed by atoms with Gasteiger partial charge in [0.25, 0.3) is 0 Å². The first-order valence-electron chi connectivity index (χ1n) is 11.0. The first kappa shape index (κ1) is 22.1. The quantitative estimate of drug-likeness (QED) is 0.510. The van der Waals surface area contributed by atoms with Gasteiger partial charge in [-0.15, -0.1) is 0 Å². The van der Waals surface area contributed by atoms with Crippen LogP contribution in [0, 0.1) is 0 Å².